The first kappa shape index (κ1) is 24.9. The van der Waals surface area contributed by atoms with Crippen LogP contribution in [0.5, 0.6) is 0 Å². The van der Waals surface area contributed by atoms with Gasteiger partial charge < -0.3 is 5.32 Å². The van der Waals surface area contributed by atoms with Gasteiger partial charge in [-0.3, -0.25) is 14.0 Å². The van der Waals surface area contributed by atoms with Crippen LogP contribution in [-0.2, 0) is 27.9 Å². The fourth-order valence-electron chi connectivity index (χ4n) is 4.45. The summed E-state index contributed by atoms with van der Waals surface area (Å²) in [6.45, 7) is 7.03. The van der Waals surface area contributed by atoms with E-state index in [4.69, 9.17) is 0 Å². The van der Waals surface area contributed by atoms with Gasteiger partial charge in [-0.1, -0.05) is 54.6 Å². The van der Waals surface area contributed by atoms with E-state index >= 15 is 0 Å². The summed E-state index contributed by atoms with van der Waals surface area (Å²) in [6.07, 6.45) is 2.50. The van der Waals surface area contributed by atoms with Crippen LogP contribution in [0.4, 0.5) is 5.69 Å². The van der Waals surface area contributed by atoms with Gasteiger partial charge in [-0.05, 0) is 80.2 Å². The number of sulfonamides is 1. The molecule has 1 fully saturated rings. The van der Waals surface area contributed by atoms with E-state index in [1.54, 1.807) is 36.4 Å². The SMILES string of the molecule is Cc1cccc(N(CC(=O)NCc2cccc(CN3CCCC3)c2)S(=O)(=O)c2ccccc2)c1C. The number of hydrogen-bond acceptors (Lipinski definition) is 4. The third-order valence-electron chi connectivity index (χ3n) is 6.55. The molecule has 3 aromatic carbocycles. The van der Waals surface area contributed by atoms with Gasteiger partial charge in [0.1, 0.15) is 6.54 Å². The van der Waals surface area contributed by atoms with E-state index < -0.39 is 10.0 Å². The Morgan fingerprint density at radius 2 is 1.60 bits per heavy atom. The summed E-state index contributed by atoms with van der Waals surface area (Å²) in [5, 5.41) is 2.92. The highest BCUT2D eigenvalue weighted by Crippen LogP contribution is 2.28. The minimum Gasteiger partial charge on any atom is -0.350 e. The van der Waals surface area contributed by atoms with Crippen molar-refractivity contribution in [3.05, 3.63) is 95.1 Å². The normalized spacial score (nSPS) is 14.1. The summed E-state index contributed by atoms with van der Waals surface area (Å²) in [4.78, 5) is 15.6. The number of carbonyl (C=O) groups is 1. The maximum absolute atomic E-state index is 13.6. The van der Waals surface area contributed by atoms with Gasteiger partial charge in [-0.15, -0.1) is 0 Å². The van der Waals surface area contributed by atoms with Crippen LogP contribution in [0.15, 0.2) is 77.7 Å². The van der Waals surface area contributed by atoms with Crippen molar-refractivity contribution in [3.8, 4) is 0 Å². The molecule has 7 heteroatoms. The molecule has 4 rings (SSSR count). The van der Waals surface area contributed by atoms with Crippen LogP contribution in [0.2, 0.25) is 0 Å². The second-order valence-corrected chi connectivity index (χ2v) is 11.0. The fourth-order valence-corrected chi connectivity index (χ4v) is 5.95. The third-order valence-corrected chi connectivity index (χ3v) is 8.32. The van der Waals surface area contributed by atoms with E-state index in [0.717, 1.165) is 36.3 Å². The molecule has 1 aliphatic rings. The van der Waals surface area contributed by atoms with Crippen molar-refractivity contribution in [1.82, 2.24) is 10.2 Å². The molecule has 3 aromatic rings. The number of nitrogens with one attached hydrogen (secondary N) is 1. The number of likely N-dealkylation sites (tertiary alicyclic amines) is 1. The number of carbonyl (C=O) groups excluding carboxylic acids is 1. The Kier molecular flexibility index (Phi) is 7.88. The summed E-state index contributed by atoms with van der Waals surface area (Å²) >= 11 is 0. The van der Waals surface area contributed by atoms with Gasteiger partial charge in [0.25, 0.3) is 10.0 Å². The highest BCUT2D eigenvalue weighted by Gasteiger charge is 2.28. The third kappa shape index (κ3) is 6.10. The molecule has 184 valence electrons. The molecule has 0 saturated carbocycles. The van der Waals surface area contributed by atoms with Crippen molar-refractivity contribution in [2.75, 3.05) is 23.9 Å². The zero-order chi connectivity index (χ0) is 24.8. The summed E-state index contributed by atoms with van der Waals surface area (Å²) in [6, 6.07) is 22.0. The Morgan fingerprint density at radius 3 is 2.34 bits per heavy atom. The van der Waals surface area contributed by atoms with Crippen molar-refractivity contribution in [2.45, 2.75) is 44.7 Å². The zero-order valence-electron chi connectivity index (χ0n) is 20.4. The predicted octanol–water partition coefficient (Wildman–Crippen LogP) is 4.41. The van der Waals surface area contributed by atoms with E-state index in [1.165, 1.54) is 22.7 Å². The molecule has 0 atom stereocenters. The number of rotatable bonds is 9. The largest absolute Gasteiger partial charge is 0.350 e. The topological polar surface area (TPSA) is 69.7 Å². The molecule has 1 N–H and O–H groups in total. The second kappa shape index (κ2) is 11.1. The fraction of sp³-hybridized carbons (Fsp3) is 0.321. The molecule has 0 spiro atoms. The lowest BCUT2D eigenvalue weighted by Gasteiger charge is -2.26. The number of benzene rings is 3. The summed E-state index contributed by atoms with van der Waals surface area (Å²) in [5.41, 5.74) is 4.53. The van der Waals surface area contributed by atoms with Crippen molar-refractivity contribution in [3.63, 3.8) is 0 Å². The lowest BCUT2D eigenvalue weighted by atomic mass is 10.1. The van der Waals surface area contributed by atoms with Gasteiger partial charge in [0.15, 0.2) is 0 Å². The average Bonchev–Trinajstić information content (AvgIpc) is 3.37. The molecule has 6 nitrogen and oxygen atoms in total. The first-order valence-electron chi connectivity index (χ1n) is 12.1. The second-order valence-electron chi connectivity index (χ2n) is 9.12. The highest BCUT2D eigenvalue weighted by atomic mass is 32.2. The zero-order valence-corrected chi connectivity index (χ0v) is 21.2. The van der Waals surface area contributed by atoms with Gasteiger partial charge in [-0.2, -0.15) is 0 Å². The number of anilines is 1. The van der Waals surface area contributed by atoms with E-state index in [-0.39, 0.29) is 17.3 Å². The van der Waals surface area contributed by atoms with Gasteiger partial charge in [0, 0.05) is 13.1 Å². The first-order chi connectivity index (χ1) is 16.8. The molecule has 1 heterocycles. The van der Waals surface area contributed by atoms with Crippen LogP contribution >= 0.6 is 0 Å². The molecule has 0 radical (unpaired) electrons. The van der Waals surface area contributed by atoms with E-state index in [1.807, 2.05) is 38.1 Å². The maximum Gasteiger partial charge on any atom is 0.264 e. The lowest BCUT2D eigenvalue weighted by molar-refractivity contribution is -0.119. The van der Waals surface area contributed by atoms with Crippen molar-refractivity contribution >= 4 is 21.6 Å². The Morgan fingerprint density at radius 1 is 0.914 bits per heavy atom. The van der Waals surface area contributed by atoms with Crippen molar-refractivity contribution < 1.29 is 13.2 Å². The molecule has 1 aliphatic heterocycles. The molecular weight excluding hydrogens is 458 g/mol. The highest BCUT2D eigenvalue weighted by molar-refractivity contribution is 7.92. The molecule has 0 bridgehead atoms. The van der Waals surface area contributed by atoms with E-state index in [2.05, 4.69) is 22.3 Å². The molecule has 0 aliphatic carbocycles. The lowest BCUT2D eigenvalue weighted by Crippen LogP contribution is -2.41. The number of amides is 1. The first-order valence-corrected chi connectivity index (χ1v) is 13.5. The summed E-state index contributed by atoms with van der Waals surface area (Å²) in [5.74, 6) is -0.352. The standard InChI is InChI=1S/C28H33N3O3S/c1-22-10-8-15-27(23(22)2)31(35(33,34)26-13-4-3-5-14-26)21-28(32)29-19-24-11-9-12-25(18-24)20-30-16-6-7-17-30/h3-5,8-15,18H,6-7,16-17,19-21H2,1-2H3,(H,29,32). The molecule has 1 saturated heterocycles. The minimum atomic E-state index is -3.92. The Labute approximate surface area is 208 Å². The molecule has 0 aromatic heterocycles. The van der Waals surface area contributed by atoms with Crippen LogP contribution < -0.4 is 9.62 Å². The smallest absolute Gasteiger partial charge is 0.264 e. The Bertz CT molecular complexity index is 1270. The van der Waals surface area contributed by atoms with Crippen molar-refractivity contribution in [1.29, 1.82) is 0 Å². The van der Waals surface area contributed by atoms with E-state index in [0.29, 0.717) is 12.2 Å². The summed E-state index contributed by atoms with van der Waals surface area (Å²) in [7, 11) is -3.92. The number of aryl methyl sites for hydroxylation is 1. The molecule has 1 amide bonds. The monoisotopic (exact) mass is 491 g/mol. The van der Waals surface area contributed by atoms with Crippen LogP contribution in [0.25, 0.3) is 0 Å². The van der Waals surface area contributed by atoms with Crippen LogP contribution in [0.1, 0.15) is 35.1 Å². The molecular formula is C28H33N3O3S. The quantitative estimate of drug-likeness (QED) is 0.481. The van der Waals surface area contributed by atoms with Crippen molar-refractivity contribution in [2.24, 2.45) is 0 Å². The average molecular weight is 492 g/mol. The molecule has 0 unspecified atom stereocenters. The number of nitrogens with zero attached hydrogens (tertiary/aromatic N) is 2. The van der Waals surface area contributed by atoms with Crippen LogP contribution in [-0.4, -0.2) is 38.9 Å². The predicted molar refractivity (Wildman–Crippen MR) is 140 cm³/mol. The van der Waals surface area contributed by atoms with Gasteiger partial charge in [0.05, 0.1) is 10.6 Å². The van der Waals surface area contributed by atoms with Crippen LogP contribution in [0, 0.1) is 13.8 Å². The van der Waals surface area contributed by atoms with Crippen LogP contribution in [0.3, 0.4) is 0 Å². The van der Waals surface area contributed by atoms with Gasteiger partial charge >= 0.3 is 0 Å². The summed E-state index contributed by atoms with van der Waals surface area (Å²) < 4.78 is 28.3. The number of hydrogen-bond donors (Lipinski definition) is 1. The maximum atomic E-state index is 13.6. The molecule has 35 heavy (non-hydrogen) atoms. The van der Waals surface area contributed by atoms with Gasteiger partial charge in [0.2, 0.25) is 5.91 Å². The van der Waals surface area contributed by atoms with Gasteiger partial charge in [-0.25, -0.2) is 8.42 Å². The Hall–Kier alpha value is -3.16. The Balaban J connectivity index is 1.50. The minimum absolute atomic E-state index is 0.156. The van der Waals surface area contributed by atoms with E-state index in [9.17, 15) is 13.2 Å².